The monoisotopic (exact) mass is 660 g/mol. The molecule has 1 aliphatic rings. The zero-order valence-electron chi connectivity index (χ0n) is 25.9. The number of unbranched alkanes of at least 4 members (excludes halogenated alkanes) is 3. The molecule has 1 rings (SSSR count). The normalized spacial score (nSPS) is 22.2. The first-order valence-electron chi connectivity index (χ1n) is 15.1. The van der Waals surface area contributed by atoms with Crippen molar-refractivity contribution in [2.45, 2.75) is 77.0 Å². The van der Waals surface area contributed by atoms with Crippen molar-refractivity contribution in [1.82, 2.24) is 10.6 Å². The number of amides is 2. The van der Waals surface area contributed by atoms with Gasteiger partial charge in [-0.1, -0.05) is 19.8 Å². The number of nitrogens with one attached hydrogen (secondary N) is 2. The van der Waals surface area contributed by atoms with Crippen molar-refractivity contribution in [2.24, 2.45) is 5.92 Å². The number of rotatable bonds is 27. The van der Waals surface area contributed by atoms with Gasteiger partial charge in [0, 0.05) is 45.1 Å². The highest BCUT2D eigenvalue weighted by Crippen LogP contribution is 2.27. The van der Waals surface area contributed by atoms with Gasteiger partial charge in [0.1, 0.15) is 12.2 Å². The maximum absolute atomic E-state index is 11.9. The standard InChI is InChI=1S/C27H52N2O14S/c1-3-37-13-8-24(31)29-11-15-39-17-19-40-18-16-38-14-9-23(30)28-10-6-4-5-7-12-41-27-21(2)25(32)26(33)22(43-27)20-42-44(34,35)36/h21-22,25-27,32-33H,3-20H2,1-2H3,(H,28,30)(H,29,31)(H,34,35,36). The fourth-order valence-electron chi connectivity index (χ4n) is 4.01. The van der Waals surface area contributed by atoms with Gasteiger partial charge < -0.3 is 49.3 Å². The van der Waals surface area contributed by atoms with Crippen molar-refractivity contribution < 1.29 is 65.4 Å². The van der Waals surface area contributed by atoms with E-state index in [1.165, 1.54) is 0 Å². The molecular weight excluding hydrogens is 608 g/mol. The molecule has 1 heterocycles. The number of carbonyl (C=O) groups excluding carboxylic acids is 2. The maximum atomic E-state index is 11.9. The van der Waals surface area contributed by atoms with E-state index < -0.39 is 47.5 Å². The molecule has 0 bridgehead atoms. The predicted octanol–water partition coefficient (Wildman–Crippen LogP) is -0.435. The lowest BCUT2D eigenvalue weighted by Gasteiger charge is -2.40. The van der Waals surface area contributed by atoms with E-state index in [2.05, 4.69) is 14.8 Å². The van der Waals surface area contributed by atoms with E-state index in [-0.39, 0.29) is 18.2 Å². The second kappa shape index (κ2) is 24.7. The third-order valence-corrected chi connectivity index (χ3v) is 6.96. The Balaban J connectivity index is 1.92. The molecule has 5 unspecified atom stereocenters. The van der Waals surface area contributed by atoms with E-state index in [0.717, 1.165) is 19.3 Å². The van der Waals surface area contributed by atoms with Gasteiger partial charge >= 0.3 is 10.4 Å². The third-order valence-electron chi connectivity index (χ3n) is 6.53. The summed E-state index contributed by atoms with van der Waals surface area (Å²) in [7, 11) is -4.71. The molecule has 1 aliphatic heterocycles. The molecule has 5 N–H and O–H groups in total. The highest BCUT2D eigenvalue weighted by Gasteiger charge is 2.43. The number of carbonyl (C=O) groups is 2. The Bertz CT molecular complexity index is 866. The van der Waals surface area contributed by atoms with Crippen LogP contribution >= 0.6 is 0 Å². The number of ether oxygens (including phenoxy) is 6. The lowest BCUT2D eigenvalue weighted by molar-refractivity contribution is -0.281. The van der Waals surface area contributed by atoms with Gasteiger partial charge in [-0.2, -0.15) is 8.42 Å². The summed E-state index contributed by atoms with van der Waals surface area (Å²) in [5, 5.41) is 25.9. The van der Waals surface area contributed by atoms with Gasteiger partial charge in [0.25, 0.3) is 0 Å². The molecule has 0 aromatic rings. The topological polar surface area (TPSA) is 218 Å². The van der Waals surface area contributed by atoms with Gasteiger partial charge in [0.05, 0.1) is 59.0 Å². The van der Waals surface area contributed by atoms with Gasteiger partial charge in [-0.05, 0) is 19.8 Å². The van der Waals surface area contributed by atoms with Crippen molar-refractivity contribution >= 4 is 22.2 Å². The smallest absolute Gasteiger partial charge is 0.390 e. The van der Waals surface area contributed by atoms with E-state index >= 15 is 0 Å². The average molecular weight is 661 g/mol. The van der Waals surface area contributed by atoms with Crippen LogP contribution in [-0.2, 0) is 52.6 Å². The Morgan fingerprint density at radius 2 is 1.32 bits per heavy atom. The lowest BCUT2D eigenvalue weighted by Crippen LogP contribution is -2.55. The summed E-state index contributed by atoms with van der Waals surface area (Å²) in [5.74, 6) is -0.723. The fourth-order valence-corrected chi connectivity index (χ4v) is 4.32. The molecular formula is C27H52N2O14S. The largest absolute Gasteiger partial charge is 0.397 e. The Kier molecular flexibility index (Phi) is 22.7. The number of hydrogen-bond acceptors (Lipinski definition) is 13. The molecule has 44 heavy (non-hydrogen) atoms. The van der Waals surface area contributed by atoms with Crippen molar-refractivity contribution in [3.8, 4) is 0 Å². The van der Waals surface area contributed by atoms with E-state index in [1.54, 1.807) is 6.92 Å². The molecule has 0 aliphatic carbocycles. The maximum Gasteiger partial charge on any atom is 0.397 e. The summed E-state index contributed by atoms with van der Waals surface area (Å²) in [6.45, 7) is 7.43. The third kappa shape index (κ3) is 20.5. The van der Waals surface area contributed by atoms with Gasteiger partial charge in [-0.25, -0.2) is 4.18 Å². The van der Waals surface area contributed by atoms with E-state index in [9.17, 15) is 28.2 Å². The summed E-state index contributed by atoms with van der Waals surface area (Å²) >= 11 is 0. The van der Waals surface area contributed by atoms with E-state index in [0.29, 0.717) is 85.4 Å². The fraction of sp³-hybridized carbons (Fsp3) is 0.926. The first-order valence-corrected chi connectivity index (χ1v) is 16.5. The van der Waals surface area contributed by atoms with Gasteiger partial charge in [0.15, 0.2) is 6.29 Å². The first kappa shape index (κ1) is 40.5. The zero-order valence-corrected chi connectivity index (χ0v) is 26.7. The molecule has 17 heteroatoms. The second-order valence-corrected chi connectivity index (χ2v) is 11.2. The van der Waals surface area contributed by atoms with Crippen LogP contribution in [0.25, 0.3) is 0 Å². The molecule has 0 aromatic heterocycles. The van der Waals surface area contributed by atoms with Gasteiger partial charge in [-0.15, -0.1) is 0 Å². The summed E-state index contributed by atoms with van der Waals surface area (Å²) in [5.41, 5.74) is 0. The molecule has 5 atom stereocenters. The van der Waals surface area contributed by atoms with Crippen LogP contribution in [0.3, 0.4) is 0 Å². The minimum atomic E-state index is -4.71. The lowest BCUT2D eigenvalue weighted by atomic mass is 9.92. The Morgan fingerprint density at radius 3 is 1.95 bits per heavy atom. The van der Waals surface area contributed by atoms with Crippen LogP contribution in [0.5, 0.6) is 0 Å². The SMILES string of the molecule is CCOCCC(=O)NCCOCCOCCOCCC(=O)NCCCCCCOC1OC(COS(=O)(=O)O)C(O)C(O)C1C. The van der Waals surface area contributed by atoms with Gasteiger partial charge in [-0.3, -0.25) is 14.1 Å². The number of aliphatic hydroxyl groups is 2. The molecule has 16 nitrogen and oxygen atoms in total. The number of hydrogen-bond donors (Lipinski definition) is 5. The molecule has 1 saturated heterocycles. The molecule has 1 fully saturated rings. The van der Waals surface area contributed by atoms with Crippen LogP contribution in [-0.4, -0.2) is 139 Å². The van der Waals surface area contributed by atoms with Crippen molar-refractivity contribution in [3.63, 3.8) is 0 Å². The van der Waals surface area contributed by atoms with E-state index in [4.69, 9.17) is 33.0 Å². The van der Waals surface area contributed by atoms with E-state index in [1.807, 2.05) is 6.92 Å². The highest BCUT2D eigenvalue weighted by atomic mass is 32.3. The summed E-state index contributed by atoms with van der Waals surface area (Å²) < 4.78 is 67.1. The Hall–Kier alpha value is -1.51. The molecule has 0 aromatic carbocycles. The van der Waals surface area contributed by atoms with Crippen molar-refractivity contribution in [1.29, 1.82) is 0 Å². The summed E-state index contributed by atoms with van der Waals surface area (Å²) in [6.07, 6.45) is -0.906. The summed E-state index contributed by atoms with van der Waals surface area (Å²) in [6, 6.07) is 0. The minimum Gasteiger partial charge on any atom is -0.390 e. The van der Waals surface area contributed by atoms with Crippen molar-refractivity contribution in [3.05, 3.63) is 0 Å². The molecule has 0 spiro atoms. The molecule has 0 saturated carbocycles. The Morgan fingerprint density at radius 1 is 0.750 bits per heavy atom. The number of aliphatic hydroxyl groups excluding tert-OH is 2. The second-order valence-electron chi connectivity index (χ2n) is 10.1. The van der Waals surface area contributed by atoms with Crippen LogP contribution in [0.1, 0.15) is 52.4 Å². The Labute approximate surface area is 260 Å². The molecule has 0 radical (unpaired) electrons. The molecule has 260 valence electrons. The van der Waals surface area contributed by atoms with Crippen LogP contribution in [0.4, 0.5) is 0 Å². The van der Waals surface area contributed by atoms with Crippen LogP contribution < -0.4 is 10.6 Å². The molecule has 2 amide bonds. The average Bonchev–Trinajstić information content (AvgIpc) is 2.97. The van der Waals surface area contributed by atoms with Crippen LogP contribution in [0.2, 0.25) is 0 Å². The predicted molar refractivity (Wildman–Crippen MR) is 156 cm³/mol. The van der Waals surface area contributed by atoms with Gasteiger partial charge in [0.2, 0.25) is 11.8 Å². The zero-order chi connectivity index (χ0) is 32.6. The van der Waals surface area contributed by atoms with Crippen LogP contribution in [0, 0.1) is 5.92 Å². The van der Waals surface area contributed by atoms with Crippen LogP contribution in [0.15, 0.2) is 0 Å². The van der Waals surface area contributed by atoms with Crippen molar-refractivity contribution in [2.75, 3.05) is 79.2 Å². The minimum absolute atomic E-state index is 0.0669. The first-order chi connectivity index (χ1) is 21.0. The highest BCUT2D eigenvalue weighted by molar-refractivity contribution is 7.80. The quantitative estimate of drug-likeness (QED) is 0.0558. The summed E-state index contributed by atoms with van der Waals surface area (Å²) in [4.78, 5) is 23.4.